The average molecular weight is 265 g/mol. The summed E-state index contributed by atoms with van der Waals surface area (Å²) in [4.78, 5) is 11.0. The van der Waals surface area contributed by atoms with E-state index in [2.05, 4.69) is 24.4 Å². The highest BCUT2D eigenvalue weighted by Gasteiger charge is 2.03. The molecule has 0 saturated carbocycles. The lowest BCUT2D eigenvalue weighted by Crippen LogP contribution is -2.31. The SMILES string of the molecule is CCOC(=O)COCCNC(C)Cc1ccccc1. The number of hydrogen-bond donors (Lipinski definition) is 1. The Hall–Kier alpha value is -1.39. The van der Waals surface area contributed by atoms with Crippen LogP contribution < -0.4 is 5.32 Å². The van der Waals surface area contributed by atoms with Gasteiger partial charge in [-0.25, -0.2) is 4.79 Å². The lowest BCUT2D eigenvalue weighted by Gasteiger charge is -2.13. The molecule has 0 heterocycles. The molecular formula is C15H23NO3. The Morgan fingerprint density at radius 3 is 2.74 bits per heavy atom. The van der Waals surface area contributed by atoms with Crippen molar-refractivity contribution in [1.29, 1.82) is 0 Å². The quantitative estimate of drug-likeness (QED) is 0.546. The summed E-state index contributed by atoms with van der Waals surface area (Å²) >= 11 is 0. The molecule has 4 nitrogen and oxygen atoms in total. The molecule has 0 aliphatic heterocycles. The van der Waals surface area contributed by atoms with E-state index in [9.17, 15) is 4.79 Å². The monoisotopic (exact) mass is 265 g/mol. The molecule has 0 amide bonds. The molecule has 0 spiro atoms. The van der Waals surface area contributed by atoms with E-state index >= 15 is 0 Å². The Morgan fingerprint density at radius 2 is 2.05 bits per heavy atom. The first-order valence-electron chi connectivity index (χ1n) is 6.73. The molecule has 1 atom stereocenters. The molecule has 1 aromatic carbocycles. The zero-order valence-electron chi connectivity index (χ0n) is 11.7. The maximum Gasteiger partial charge on any atom is 0.332 e. The van der Waals surface area contributed by atoms with Crippen LogP contribution >= 0.6 is 0 Å². The lowest BCUT2D eigenvalue weighted by molar-refractivity contribution is -0.148. The first-order valence-corrected chi connectivity index (χ1v) is 6.73. The van der Waals surface area contributed by atoms with E-state index in [0.29, 0.717) is 19.3 Å². The van der Waals surface area contributed by atoms with Gasteiger partial charge in [0.2, 0.25) is 0 Å². The van der Waals surface area contributed by atoms with Crippen LogP contribution in [0.25, 0.3) is 0 Å². The summed E-state index contributed by atoms with van der Waals surface area (Å²) in [5.74, 6) is -0.306. The minimum absolute atomic E-state index is 0.0303. The summed E-state index contributed by atoms with van der Waals surface area (Å²) in [5, 5.41) is 3.36. The number of benzene rings is 1. The van der Waals surface area contributed by atoms with Crippen molar-refractivity contribution in [2.45, 2.75) is 26.3 Å². The average Bonchev–Trinajstić information content (AvgIpc) is 2.40. The first-order chi connectivity index (χ1) is 9.22. The van der Waals surface area contributed by atoms with Gasteiger partial charge in [-0.2, -0.15) is 0 Å². The van der Waals surface area contributed by atoms with Gasteiger partial charge in [0.1, 0.15) is 6.61 Å². The van der Waals surface area contributed by atoms with Gasteiger partial charge in [0, 0.05) is 12.6 Å². The van der Waals surface area contributed by atoms with E-state index in [1.54, 1.807) is 6.92 Å². The van der Waals surface area contributed by atoms with Crippen molar-refractivity contribution in [3.63, 3.8) is 0 Å². The van der Waals surface area contributed by atoms with Gasteiger partial charge in [0.15, 0.2) is 0 Å². The molecule has 0 radical (unpaired) electrons. The normalized spacial score (nSPS) is 12.1. The van der Waals surface area contributed by atoms with Gasteiger partial charge in [0.05, 0.1) is 13.2 Å². The van der Waals surface area contributed by atoms with Crippen molar-refractivity contribution < 1.29 is 14.3 Å². The molecule has 1 unspecified atom stereocenters. The van der Waals surface area contributed by atoms with Crippen molar-refractivity contribution >= 4 is 5.97 Å². The fraction of sp³-hybridized carbons (Fsp3) is 0.533. The Morgan fingerprint density at radius 1 is 1.32 bits per heavy atom. The molecule has 1 N–H and O–H groups in total. The number of carbonyl (C=O) groups excluding carboxylic acids is 1. The number of nitrogens with one attached hydrogen (secondary N) is 1. The second-order valence-electron chi connectivity index (χ2n) is 4.40. The van der Waals surface area contributed by atoms with Crippen LogP contribution in [0.15, 0.2) is 30.3 Å². The van der Waals surface area contributed by atoms with Crippen molar-refractivity contribution in [3.8, 4) is 0 Å². The van der Waals surface area contributed by atoms with Crippen molar-refractivity contribution in [2.75, 3.05) is 26.4 Å². The smallest absolute Gasteiger partial charge is 0.332 e. The highest BCUT2D eigenvalue weighted by Crippen LogP contribution is 2.02. The molecule has 1 rings (SSSR count). The molecule has 0 fully saturated rings. The van der Waals surface area contributed by atoms with Crippen LogP contribution in [0.3, 0.4) is 0 Å². The molecule has 19 heavy (non-hydrogen) atoms. The molecule has 4 heteroatoms. The van der Waals surface area contributed by atoms with Crippen molar-refractivity contribution in [3.05, 3.63) is 35.9 Å². The first kappa shape index (κ1) is 15.7. The van der Waals surface area contributed by atoms with E-state index in [0.717, 1.165) is 13.0 Å². The highest BCUT2D eigenvalue weighted by molar-refractivity contribution is 5.70. The van der Waals surface area contributed by atoms with Gasteiger partial charge in [-0.1, -0.05) is 30.3 Å². The van der Waals surface area contributed by atoms with Crippen LogP contribution in [-0.4, -0.2) is 38.4 Å². The van der Waals surface area contributed by atoms with Gasteiger partial charge in [-0.15, -0.1) is 0 Å². The highest BCUT2D eigenvalue weighted by atomic mass is 16.6. The predicted molar refractivity (Wildman–Crippen MR) is 75.1 cm³/mol. The summed E-state index contributed by atoms with van der Waals surface area (Å²) in [6.45, 7) is 5.59. The van der Waals surface area contributed by atoms with Crippen LogP contribution in [0, 0.1) is 0 Å². The zero-order chi connectivity index (χ0) is 13.9. The van der Waals surface area contributed by atoms with Gasteiger partial charge < -0.3 is 14.8 Å². The standard InChI is InChI=1S/C15H23NO3/c1-3-19-15(17)12-18-10-9-16-13(2)11-14-7-5-4-6-8-14/h4-8,13,16H,3,9-12H2,1-2H3. The Balaban J connectivity index is 2.04. The minimum Gasteiger partial charge on any atom is -0.464 e. The minimum atomic E-state index is -0.306. The summed E-state index contributed by atoms with van der Waals surface area (Å²) in [7, 11) is 0. The number of esters is 1. The second-order valence-corrected chi connectivity index (χ2v) is 4.40. The summed E-state index contributed by atoms with van der Waals surface area (Å²) < 4.78 is 9.98. The van der Waals surface area contributed by atoms with Crippen LogP contribution in [0.5, 0.6) is 0 Å². The maximum atomic E-state index is 11.0. The van der Waals surface area contributed by atoms with Gasteiger partial charge >= 0.3 is 5.97 Å². The van der Waals surface area contributed by atoms with Crippen LogP contribution in [-0.2, 0) is 20.7 Å². The summed E-state index contributed by atoms with van der Waals surface area (Å²) in [6, 6.07) is 10.7. The molecule has 0 bridgehead atoms. The third-order valence-corrected chi connectivity index (χ3v) is 2.65. The summed E-state index contributed by atoms with van der Waals surface area (Å²) in [6.07, 6.45) is 0.985. The van der Waals surface area contributed by atoms with Crippen LogP contribution in [0.2, 0.25) is 0 Å². The summed E-state index contributed by atoms with van der Waals surface area (Å²) in [5.41, 5.74) is 1.31. The molecular weight excluding hydrogens is 242 g/mol. The Labute approximate surface area is 115 Å². The van der Waals surface area contributed by atoms with Crippen molar-refractivity contribution in [1.82, 2.24) is 5.32 Å². The molecule has 0 aliphatic carbocycles. The van der Waals surface area contributed by atoms with Crippen LogP contribution in [0.4, 0.5) is 0 Å². The molecule has 0 aromatic heterocycles. The molecule has 0 saturated heterocycles. The van der Waals surface area contributed by atoms with Crippen molar-refractivity contribution in [2.24, 2.45) is 0 Å². The van der Waals surface area contributed by atoms with Crippen LogP contribution in [0.1, 0.15) is 19.4 Å². The number of rotatable bonds is 9. The zero-order valence-corrected chi connectivity index (χ0v) is 11.7. The molecule has 1 aromatic rings. The maximum absolute atomic E-state index is 11.0. The Kier molecular flexibility index (Phi) is 7.86. The third kappa shape index (κ3) is 7.59. The predicted octanol–water partition coefficient (Wildman–Crippen LogP) is 1.79. The van der Waals surface area contributed by atoms with E-state index in [-0.39, 0.29) is 12.6 Å². The van der Waals surface area contributed by atoms with E-state index in [1.165, 1.54) is 5.56 Å². The fourth-order valence-electron chi connectivity index (χ4n) is 1.78. The molecule has 0 aliphatic rings. The number of carbonyl (C=O) groups is 1. The van der Waals surface area contributed by atoms with E-state index in [4.69, 9.17) is 9.47 Å². The lowest BCUT2D eigenvalue weighted by atomic mass is 10.1. The topological polar surface area (TPSA) is 47.6 Å². The number of ether oxygens (including phenoxy) is 2. The third-order valence-electron chi connectivity index (χ3n) is 2.65. The number of hydrogen-bond acceptors (Lipinski definition) is 4. The van der Waals surface area contributed by atoms with E-state index < -0.39 is 0 Å². The Bertz CT molecular complexity index is 354. The largest absolute Gasteiger partial charge is 0.464 e. The van der Waals surface area contributed by atoms with Gasteiger partial charge in [-0.3, -0.25) is 0 Å². The molecule has 106 valence electrons. The fourth-order valence-corrected chi connectivity index (χ4v) is 1.78. The second kappa shape index (κ2) is 9.53. The van der Waals surface area contributed by atoms with Gasteiger partial charge in [0.25, 0.3) is 0 Å². The van der Waals surface area contributed by atoms with E-state index in [1.807, 2.05) is 18.2 Å². The van der Waals surface area contributed by atoms with Gasteiger partial charge in [-0.05, 0) is 25.8 Å².